The van der Waals surface area contributed by atoms with Crippen molar-refractivity contribution >= 4 is 6.08 Å². The van der Waals surface area contributed by atoms with Crippen LogP contribution in [0.5, 0.6) is 0 Å². The van der Waals surface area contributed by atoms with Gasteiger partial charge < -0.3 is 0 Å². The second kappa shape index (κ2) is 4.79. The molecule has 1 aliphatic carbocycles. The summed E-state index contributed by atoms with van der Waals surface area (Å²) in [4.78, 5) is 0. The molecule has 20 heavy (non-hydrogen) atoms. The maximum Gasteiger partial charge on any atom is 0.0213 e. The molecule has 0 heterocycles. The molecular weight excluding hydrogens is 240 g/mol. The van der Waals surface area contributed by atoms with Crippen LogP contribution in [0.15, 0.2) is 72.8 Å². The molecule has 0 nitrogen and oxygen atoms in total. The van der Waals surface area contributed by atoms with E-state index in [2.05, 4.69) is 87.2 Å². The van der Waals surface area contributed by atoms with E-state index in [0.29, 0.717) is 5.92 Å². The van der Waals surface area contributed by atoms with Gasteiger partial charge in [0.25, 0.3) is 0 Å². The first-order chi connectivity index (χ1) is 9.63. The second-order valence-electron chi connectivity index (χ2n) is 5.89. The monoisotopic (exact) mass is 260 g/mol. The van der Waals surface area contributed by atoms with Gasteiger partial charge in [-0.2, -0.15) is 0 Å². The van der Waals surface area contributed by atoms with E-state index in [-0.39, 0.29) is 5.41 Å². The summed E-state index contributed by atoms with van der Waals surface area (Å²) in [7, 11) is 0. The minimum atomic E-state index is -0.0263. The largest absolute Gasteiger partial charge is 0.0995 e. The van der Waals surface area contributed by atoms with Gasteiger partial charge in [-0.3, -0.25) is 0 Å². The number of allylic oxidation sites excluding steroid dienone is 2. The van der Waals surface area contributed by atoms with Gasteiger partial charge in [0.1, 0.15) is 0 Å². The Morgan fingerprint density at radius 2 is 1.65 bits per heavy atom. The molecule has 0 heteroatoms. The molecule has 2 aromatic rings. The van der Waals surface area contributed by atoms with Crippen molar-refractivity contribution in [2.45, 2.75) is 25.2 Å². The Morgan fingerprint density at radius 3 is 2.35 bits per heavy atom. The highest BCUT2D eigenvalue weighted by Gasteiger charge is 2.38. The third-order valence-electron chi connectivity index (χ3n) is 4.40. The van der Waals surface area contributed by atoms with Crippen molar-refractivity contribution in [3.05, 3.63) is 89.5 Å². The normalized spacial score (nSPS) is 24.2. The molecule has 2 aromatic carbocycles. The molecule has 3 rings (SSSR count). The van der Waals surface area contributed by atoms with Gasteiger partial charge in [-0.1, -0.05) is 85.8 Å². The lowest BCUT2D eigenvalue weighted by Gasteiger charge is -2.40. The molecule has 0 aromatic heterocycles. The quantitative estimate of drug-likeness (QED) is 0.640. The molecule has 2 atom stereocenters. The smallest absolute Gasteiger partial charge is 0.0213 e. The van der Waals surface area contributed by atoms with Gasteiger partial charge in [-0.25, -0.2) is 0 Å². The van der Waals surface area contributed by atoms with Crippen LogP contribution in [0.3, 0.4) is 0 Å². The Balaban J connectivity index is 2.21. The maximum atomic E-state index is 4.26. The van der Waals surface area contributed by atoms with Crippen LogP contribution >= 0.6 is 0 Å². The van der Waals surface area contributed by atoms with Gasteiger partial charge >= 0.3 is 0 Å². The first-order valence-electron chi connectivity index (χ1n) is 7.12. The lowest BCUT2D eigenvalue weighted by atomic mass is 9.63. The predicted molar refractivity (Wildman–Crippen MR) is 86.8 cm³/mol. The SMILES string of the molecule is C=C(C)[C@@H]1c2ccccc2C=C[C@]1(C)c1ccccc1. The number of fused-ring (bicyclic) bond motifs is 1. The lowest BCUT2D eigenvalue weighted by Crippen LogP contribution is -2.31. The first-order valence-corrected chi connectivity index (χ1v) is 7.12. The van der Waals surface area contributed by atoms with E-state index < -0.39 is 0 Å². The second-order valence-corrected chi connectivity index (χ2v) is 5.89. The summed E-state index contributed by atoms with van der Waals surface area (Å²) in [6, 6.07) is 19.4. The summed E-state index contributed by atoms with van der Waals surface area (Å²) in [6.07, 6.45) is 4.59. The van der Waals surface area contributed by atoms with E-state index in [0.717, 1.165) is 0 Å². The van der Waals surface area contributed by atoms with Gasteiger partial charge in [0.15, 0.2) is 0 Å². The Bertz CT molecular complexity index is 663. The molecule has 0 amide bonds. The average Bonchev–Trinajstić information content (AvgIpc) is 2.47. The fourth-order valence-corrected chi connectivity index (χ4v) is 3.45. The van der Waals surface area contributed by atoms with E-state index in [4.69, 9.17) is 0 Å². The minimum absolute atomic E-state index is 0.0263. The molecule has 0 spiro atoms. The topological polar surface area (TPSA) is 0 Å². The van der Waals surface area contributed by atoms with Crippen LogP contribution in [0, 0.1) is 0 Å². The molecule has 0 radical (unpaired) electrons. The van der Waals surface area contributed by atoms with Gasteiger partial charge in [-0.15, -0.1) is 0 Å². The molecule has 0 bridgehead atoms. The Morgan fingerprint density at radius 1 is 1.00 bits per heavy atom. The van der Waals surface area contributed by atoms with E-state index in [9.17, 15) is 0 Å². The Hall–Kier alpha value is -2.08. The van der Waals surface area contributed by atoms with Crippen molar-refractivity contribution in [1.82, 2.24) is 0 Å². The van der Waals surface area contributed by atoms with Crippen LogP contribution in [0.25, 0.3) is 6.08 Å². The fraction of sp³-hybridized carbons (Fsp3) is 0.200. The van der Waals surface area contributed by atoms with E-state index in [1.807, 2.05) is 0 Å². The molecule has 0 fully saturated rings. The molecule has 100 valence electrons. The van der Waals surface area contributed by atoms with E-state index >= 15 is 0 Å². The molecule has 0 aliphatic heterocycles. The minimum Gasteiger partial charge on any atom is -0.0995 e. The maximum absolute atomic E-state index is 4.26. The first kappa shape index (κ1) is 12.9. The molecule has 0 saturated heterocycles. The number of benzene rings is 2. The Labute approximate surface area is 121 Å². The molecule has 0 N–H and O–H groups in total. The molecule has 0 unspecified atom stereocenters. The van der Waals surface area contributed by atoms with Crippen LogP contribution in [-0.2, 0) is 5.41 Å². The summed E-state index contributed by atoms with van der Waals surface area (Å²) < 4.78 is 0. The standard InChI is InChI=1S/C20H20/c1-15(2)19-18-12-8-7-9-16(18)13-14-20(19,3)17-10-5-4-6-11-17/h4-14,19H,1H2,2-3H3/t19-,20-/m1/s1. The summed E-state index contributed by atoms with van der Waals surface area (Å²) in [5.41, 5.74) is 5.23. The van der Waals surface area contributed by atoms with Crippen molar-refractivity contribution in [2.75, 3.05) is 0 Å². The molecular formula is C20H20. The zero-order chi connectivity index (χ0) is 14.2. The zero-order valence-corrected chi connectivity index (χ0v) is 12.1. The van der Waals surface area contributed by atoms with Crippen molar-refractivity contribution in [2.24, 2.45) is 0 Å². The van der Waals surface area contributed by atoms with E-state index in [1.54, 1.807) is 0 Å². The van der Waals surface area contributed by atoms with E-state index in [1.165, 1.54) is 22.3 Å². The molecule has 0 saturated carbocycles. The van der Waals surface area contributed by atoms with Crippen molar-refractivity contribution in [3.63, 3.8) is 0 Å². The zero-order valence-electron chi connectivity index (χ0n) is 12.1. The number of rotatable bonds is 2. The van der Waals surface area contributed by atoms with Crippen molar-refractivity contribution in [3.8, 4) is 0 Å². The summed E-state index contributed by atoms with van der Waals surface area (Å²) in [6.45, 7) is 8.72. The van der Waals surface area contributed by atoms with Crippen LogP contribution in [-0.4, -0.2) is 0 Å². The highest BCUT2D eigenvalue weighted by Crippen LogP contribution is 2.48. The van der Waals surface area contributed by atoms with Gasteiger partial charge in [0.05, 0.1) is 0 Å². The third kappa shape index (κ3) is 1.92. The summed E-state index contributed by atoms with van der Waals surface area (Å²) in [5, 5.41) is 0. The van der Waals surface area contributed by atoms with Gasteiger partial charge in [-0.05, 0) is 23.6 Å². The Kier molecular flexibility index (Phi) is 3.10. The van der Waals surface area contributed by atoms with Gasteiger partial charge in [0.2, 0.25) is 0 Å². The highest BCUT2D eigenvalue weighted by atomic mass is 14.4. The van der Waals surface area contributed by atoms with Crippen LogP contribution < -0.4 is 0 Å². The van der Waals surface area contributed by atoms with Crippen LogP contribution in [0.4, 0.5) is 0 Å². The third-order valence-corrected chi connectivity index (χ3v) is 4.40. The van der Waals surface area contributed by atoms with Crippen LogP contribution in [0.2, 0.25) is 0 Å². The number of hydrogen-bond acceptors (Lipinski definition) is 0. The summed E-state index contributed by atoms with van der Waals surface area (Å²) >= 11 is 0. The highest BCUT2D eigenvalue weighted by molar-refractivity contribution is 5.64. The van der Waals surface area contributed by atoms with Crippen molar-refractivity contribution < 1.29 is 0 Å². The number of hydrogen-bond donors (Lipinski definition) is 0. The average molecular weight is 260 g/mol. The lowest BCUT2D eigenvalue weighted by molar-refractivity contribution is 0.507. The molecule has 1 aliphatic rings. The van der Waals surface area contributed by atoms with Crippen molar-refractivity contribution in [1.29, 1.82) is 0 Å². The summed E-state index contributed by atoms with van der Waals surface area (Å²) in [5.74, 6) is 0.325. The van der Waals surface area contributed by atoms with Crippen LogP contribution in [0.1, 0.15) is 36.5 Å². The van der Waals surface area contributed by atoms with Gasteiger partial charge in [0, 0.05) is 11.3 Å². The predicted octanol–water partition coefficient (Wildman–Crippen LogP) is 5.33. The fourth-order valence-electron chi connectivity index (χ4n) is 3.45.